The SMILES string of the molecule is COC(=O)/C=C/c1cocc1CO[Si](C)(C)C(C)(C)C. The van der Waals surface area contributed by atoms with Crippen LogP contribution in [0.3, 0.4) is 0 Å². The lowest BCUT2D eigenvalue weighted by Crippen LogP contribution is -2.40. The fourth-order valence-corrected chi connectivity index (χ4v) is 2.25. The van der Waals surface area contributed by atoms with Gasteiger partial charge in [0.15, 0.2) is 8.32 Å². The molecule has 0 saturated heterocycles. The Morgan fingerprint density at radius 2 is 2.00 bits per heavy atom. The van der Waals surface area contributed by atoms with Crippen LogP contribution in [0.4, 0.5) is 0 Å². The molecule has 0 fully saturated rings. The first-order valence-corrected chi connectivity index (χ1v) is 9.53. The second kappa shape index (κ2) is 6.41. The molecular formula is C15H24O4Si. The fourth-order valence-electron chi connectivity index (χ4n) is 1.30. The van der Waals surface area contributed by atoms with Gasteiger partial charge in [0.05, 0.1) is 26.2 Å². The zero-order valence-corrected chi connectivity index (χ0v) is 14.1. The minimum Gasteiger partial charge on any atom is -0.472 e. The van der Waals surface area contributed by atoms with Crippen molar-refractivity contribution >= 4 is 20.4 Å². The summed E-state index contributed by atoms with van der Waals surface area (Å²) in [4.78, 5) is 11.1. The average Bonchev–Trinajstić information content (AvgIpc) is 2.79. The van der Waals surface area contributed by atoms with E-state index in [2.05, 4.69) is 38.6 Å². The van der Waals surface area contributed by atoms with Crippen molar-refractivity contribution in [2.24, 2.45) is 0 Å². The zero-order chi connectivity index (χ0) is 15.4. The summed E-state index contributed by atoms with van der Waals surface area (Å²) in [7, 11) is -0.442. The normalized spacial score (nSPS) is 12.9. The number of rotatable bonds is 5. The van der Waals surface area contributed by atoms with E-state index >= 15 is 0 Å². The van der Waals surface area contributed by atoms with Crippen LogP contribution in [0.2, 0.25) is 18.1 Å². The van der Waals surface area contributed by atoms with E-state index in [1.165, 1.54) is 13.2 Å². The molecule has 0 aliphatic carbocycles. The van der Waals surface area contributed by atoms with Crippen molar-refractivity contribution in [2.45, 2.75) is 45.5 Å². The molecule has 0 saturated carbocycles. The first-order chi connectivity index (χ1) is 9.17. The minimum absolute atomic E-state index is 0.165. The lowest BCUT2D eigenvalue weighted by Gasteiger charge is -2.36. The van der Waals surface area contributed by atoms with Crippen molar-refractivity contribution in [1.82, 2.24) is 0 Å². The highest BCUT2D eigenvalue weighted by atomic mass is 28.4. The van der Waals surface area contributed by atoms with Crippen LogP contribution in [0, 0.1) is 0 Å². The van der Waals surface area contributed by atoms with Crippen LogP contribution in [0.1, 0.15) is 31.9 Å². The van der Waals surface area contributed by atoms with Gasteiger partial charge in [-0.05, 0) is 24.2 Å². The summed E-state index contributed by atoms with van der Waals surface area (Å²) < 4.78 is 15.9. The second-order valence-electron chi connectivity index (χ2n) is 6.26. The Morgan fingerprint density at radius 1 is 1.35 bits per heavy atom. The monoisotopic (exact) mass is 296 g/mol. The van der Waals surface area contributed by atoms with Crippen LogP contribution < -0.4 is 0 Å². The largest absolute Gasteiger partial charge is 0.472 e. The van der Waals surface area contributed by atoms with Crippen molar-refractivity contribution < 1.29 is 18.4 Å². The predicted octanol–water partition coefficient (Wildman–Crippen LogP) is 3.99. The van der Waals surface area contributed by atoms with Crippen molar-refractivity contribution in [1.29, 1.82) is 0 Å². The number of furan rings is 1. The molecule has 0 radical (unpaired) electrons. The summed E-state index contributed by atoms with van der Waals surface area (Å²) in [6.07, 6.45) is 6.31. The second-order valence-corrected chi connectivity index (χ2v) is 11.1. The number of esters is 1. The quantitative estimate of drug-likeness (QED) is 0.468. The maximum absolute atomic E-state index is 11.1. The number of carbonyl (C=O) groups excluding carboxylic acids is 1. The molecule has 0 N–H and O–H groups in total. The highest BCUT2D eigenvalue weighted by Crippen LogP contribution is 2.37. The summed E-state index contributed by atoms with van der Waals surface area (Å²) in [5.41, 5.74) is 1.78. The highest BCUT2D eigenvalue weighted by Gasteiger charge is 2.37. The van der Waals surface area contributed by atoms with E-state index in [1.807, 2.05) is 0 Å². The van der Waals surface area contributed by atoms with Crippen LogP contribution >= 0.6 is 0 Å². The van der Waals surface area contributed by atoms with Crippen LogP contribution in [0.25, 0.3) is 6.08 Å². The molecule has 0 aliphatic heterocycles. The predicted molar refractivity (Wildman–Crippen MR) is 81.7 cm³/mol. The third-order valence-electron chi connectivity index (χ3n) is 3.77. The number of methoxy groups -OCH3 is 1. The minimum atomic E-state index is -1.79. The van der Waals surface area contributed by atoms with Gasteiger partial charge in [-0.1, -0.05) is 20.8 Å². The van der Waals surface area contributed by atoms with E-state index in [4.69, 9.17) is 8.84 Å². The van der Waals surface area contributed by atoms with E-state index < -0.39 is 8.32 Å². The van der Waals surface area contributed by atoms with Crippen molar-refractivity contribution in [3.05, 3.63) is 29.7 Å². The van der Waals surface area contributed by atoms with E-state index in [9.17, 15) is 4.79 Å². The Balaban J connectivity index is 2.74. The summed E-state index contributed by atoms with van der Waals surface area (Å²) >= 11 is 0. The Kier molecular flexibility index (Phi) is 5.36. The highest BCUT2D eigenvalue weighted by molar-refractivity contribution is 6.74. The number of carbonyl (C=O) groups is 1. The van der Waals surface area contributed by atoms with Gasteiger partial charge in [-0.3, -0.25) is 0 Å². The number of hydrogen-bond acceptors (Lipinski definition) is 4. The third-order valence-corrected chi connectivity index (χ3v) is 8.25. The zero-order valence-electron chi connectivity index (χ0n) is 13.1. The molecule has 20 heavy (non-hydrogen) atoms. The molecule has 0 unspecified atom stereocenters. The van der Waals surface area contributed by atoms with Gasteiger partial charge in [-0.25, -0.2) is 4.79 Å². The first-order valence-electron chi connectivity index (χ1n) is 6.62. The average molecular weight is 296 g/mol. The van der Waals surface area contributed by atoms with Gasteiger partial charge in [0.2, 0.25) is 0 Å². The molecule has 5 heteroatoms. The van der Waals surface area contributed by atoms with Gasteiger partial charge >= 0.3 is 5.97 Å². The van der Waals surface area contributed by atoms with Crippen LogP contribution in [0.5, 0.6) is 0 Å². The molecule has 0 aliphatic rings. The topological polar surface area (TPSA) is 48.7 Å². The first kappa shape index (κ1) is 16.7. The van der Waals surface area contributed by atoms with E-state index in [0.717, 1.165) is 11.1 Å². The van der Waals surface area contributed by atoms with Crippen molar-refractivity contribution in [2.75, 3.05) is 7.11 Å². The molecule has 0 aromatic carbocycles. The third kappa shape index (κ3) is 4.35. The summed E-state index contributed by atoms with van der Waals surface area (Å²) in [6, 6.07) is 0. The van der Waals surface area contributed by atoms with E-state index in [-0.39, 0.29) is 11.0 Å². The summed E-state index contributed by atoms with van der Waals surface area (Å²) in [6.45, 7) is 11.5. The number of ether oxygens (including phenoxy) is 1. The smallest absolute Gasteiger partial charge is 0.330 e. The lowest BCUT2D eigenvalue weighted by atomic mass is 10.2. The summed E-state index contributed by atoms with van der Waals surface area (Å²) in [5.74, 6) is -0.387. The van der Waals surface area contributed by atoms with Gasteiger partial charge in [-0.15, -0.1) is 0 Å². The Morgan fingerprint density at radius 3 is 2.55 bits per heavy atom. The molecule has 1 heterocycles. The standard InChI is InChI=1S/C15H24O4Si/c1-15(2,3)20(5,6)19-11-13-10-18-9-12(13)7-8-14(16)17-4/h7-10H,11H2,1-6H3/b8-7+. The molecule has 1 aromatic rings. The Labute approximate surface area is 121 Å². The Hall–Kier alpha value is -1.33. The van der Waals surface area contributed by atoms with Crippen LogP contribution in [-0.4, -0.2) is 21.4 Å². The Bertz CT molecular complexity index is 480. The van der Waals surface area contributed by atoms with Gasteiger partial charge in [-0.2, -0.15) is 0 Å². The van der Waals surface area contributed by atoms with E-state index in [0.29, 0.717) is 6.61 Å². The van der Waals surface area contributed by atoms with Crippen molar-refractivity contribution in [3.63, 3.8) is 0 Å². The molecule has 0 atom stereocenters. The fraction of sp³-hybridized carbons (Fsp3) is 0.533. The number of hydrogen-bond donors (Lipinski definition) is 0. The molecule has 1 rings (SSSR count). The van der Waals surface area contributed by atoms with Gasteiger partial charge in [0, 0.05) is 17.2 Å². The maximum Gasteiger partial charge on any atom is 0.330 e. The van der Waals surface area contributed by atoms with Gasteiger partial charge < -0.3 is 13.6 Å². The van der Waals surface area contributed by atoms with Gasteiger partial charge in [0.1, 0.15) is 0 Å². The molecule has 112 valence electrons. The maximum atomic E-state index is 11.1. The summed E-state index contributed by atoms with van der Waals surface area (Å²) in [5, 5.41) is 0.165. The molecule has 1 aromatic heterocycles. The van der Waals surface area contributed by atoms with Gasteiger partial charge in [0.25, 0.3) is 0 Å². The van der Waals surface area contributed by atoms with E-state index in [1.54, 1.807) is 18.6 Å². The molecule has 0 bridgehead atoms. The van der Waals surface area contributed by atoms with Crippen LogP contribution in [-0.2, 0) is 20.6 Å². The lowest BCUT2D eigenvalue weighted by molar-refractivity contribution is -0.134. The van der Waals surface area contributed by atoms with Crippen molar-refractivity contribution in [3.8, 4) is 0 Å². The molecular weight excluding hydrogens is 272 g/mol. The molecule has 0 spiro atoms. The molecule has 4 nitrogen and oxygen atoms in total. The molecule has 0 amide bonds. The van der Waals surface area contributed by atoms with Crippen LogP contribution in [0.15, 0.2) is 23.0 Å².